The van der Waals surface area contributed by atoms with E-state index in [4.69, 9.17) is 80.8 Å². The summed E-state index contributed by atoms with van der Waals surface area (Å²) in [6.45, 7) is 50.6. The zero-order valence-corrected chi connectivity index (χ0v) is 83.5. The SMILES string of the molecule is [2H]C[C@H]1O[C@@H](N2C=CC(=NB(C)O)NC2Cl)C[C@H]1OP(C)N(C(C)C)C(C)C.[2H]C[C@H]1O[C@@H](n2cc(C)c(=O)n(B(C)O)c2=O)C[C@H]1OP(C)N(C(C)C)C(C)C.[2H]C[C@H]1O[C@@H](n2cnc3c(=O)[nH]c(NB(C)O)nc32)C[C@H]1OP(C)N(C(C)C)C(C)C.[2H]C[C@H]1O[C@@H](n2cnc3c(N(B4CO4)B4CO4)nc(Cl)nc32)C[C@H]1OP(C)N(C(C)C)C(C)C.[3H]OC.[3H]OC.[3H]OC.[3H]OC. The molecule has 6 saturated heterocycles. The molecule has 12 heterocycles. The second kappa shape index (κ2) is 52.6. The summed E-state index contributed by atoms with van der Waals surface area (Å²) < 4.78 is 133. The number of fused-ring (bicyclic) bond motifs is 2. The number of alkyl halides is 1. The van der Waals surface area contributed by atoms with Crippen LogP contribution in [0.2, 0.25) is 25.8 Å². The molecule has 7 aliphatic heterocycles. The lowest BCUT2D eigenvalue weighted by Gasteiger charge is -2.37. The van der Waals surface area contributed by atoms with Gasteiger partial charge in [-0.1, -0.05) is 11.6 Å². The van der Waals surface area contributed by atoms with E-state index in [2.05, 4.69) is 215 Å². The van der Waals surface area contributed by atoms with Crippen LogP contribution in [0.5, 0.6) is 0 Å². The van der Waals surface area contributed by atoms with Crippen LogP contribution in [0.15, 0.2) is 50.4 Å². The smallest absolute Gasteiger partial charge is 0.431 e. The number of imidazole rings is 2. The molecule has 6 fully saturated rings. The molecule has 0 spiro atoms. The van der Waals surface area contributed by atoms with Crippen LogP contribution < -0.4 is 32.1 Å². The van der Waals surface area contributed by atoms with Gasteiger partial charge < -0.3 is 102 Å². The molecular formula is C76H144B5Cl2N19O20P4. The normalized spacial score (nSPS) is 25.2. The first kappa shape index (κ1) is 99.5. The van der Waals surface area contributed by atoms with Crippen molar-refractivity contribution in [2.45, 2.75) is 319 Å². The summed E-state index contributed by atoms with van der Waals surface area (Å²) in [4.78, 5) is 67.9. The van der Waals surface area contributed by atoms with Crippen molar-refractivity contribution >= 4 is 132 Å². The highest BCUT2D eigenvalue weighted by atomic mass is 35.5. The Morgan fingerprint density at radius 1 is 0.595 bits per heavy atom. The predicted octanol–water partition coefficient (Wildman–Crippen LogP) is 9.03. The molecule has 0 saturated carbocycles. The highest BCUT2D eigenvalue weighted by Crippen LogP contribution is 2.51. The molecule has 39 nitrogen and oxygen atoms in total. The topological polar surface area (TPSA) is 448 Å². The molecule has 0 aromatic carbocycles. The van der Waals surface area contributed by atoms with Gasteiger partial charge in [-0.05, 0) is 210 Å². The van der Waals surface area contributed by atoms with E-state index in [1.165, 1.54) is 59.2 Å². The minimum absolute atomic E-state index is 0.0114. The number of nitrogens with one attached hydrogen (secondary N) is 3. The van der Waals surface area contributed by atoms with Crippen molar-refractivity contribution in [3.05, 3.63) is 73.2 Å². The van der Waals surface area contributed by atoms with Crippen molar-refractivity contribution in [1.82, 2.24) is 77.0 Å². The lowest BCUT2D eigenvalue weighted by Crippen LogP contribution is -2.49. The molecule has 17 atom stereocenters. The summed E-state index contributed by atoms with van der Waals surface area (Å²) in [5, 5.41) is 48.6. The third-order valence-electron chi connectivity index (χ3n) is 20.3. The second-order valence-electron chi connectivity index (χ2n) is 32.5. The van der Waals surface area contributed by atoms with Crippen molar-refractivity contribution in [3.63, 3.8) is 0 Å². The van der Waals surface area contributed by atoms with E-state index in [0.717, 1.165) is 4.48 Å². The van der Waals surface area contributed by atoms with Crippen LogP contribution in [-0.4, -0.2) is 331 Å². The number of aromatic nitrogens is 10. The standard InChI is InChI=1S/C19H30B2ClN6O4P.C18H32BN6O4P.C18H33BN3O5P.C17H33BClN4O3P.4CH4O/c1-11(2)27(12(3)4)33(6)32-14-7-15(31-13(14)5)26-10-23-16-17(26)24-19(22)25-18(16)28(20-8-29-20)21-9-30-21;1-10(2)25(11(3)4)30(7)29-13-8-14(28-12(13)5)24-9-20-15-16(24)21-18(22-17(15)26)23-19(6)27;1-11(2)22(12(3)4)28(8)27-15-9-16(26-14(15)6)20-10-13(5)17(23)21(18(20)24)19(7)25;1-11(2)23(12(3)4)27(7)26-14-10-16(25-13(14)5)22-9-8-15(20-17(22)19)21-18(6)24;4*1-2/h10-15H,7-9H2,1-6H3;9-14,27H,8H2,1-7H3,(H2,21,22,23,26);10-12,14-16,25H,9H2,1-8H3;8-9,11-14,16-17,24H,10H2,1-7H3,(H,20,21);4*2H,1H3/t13-,14-,15-,33?;12-,13-,14-,30?;14-,15-,16-,28?;13-,14-,16-,17?,27?;;;;/m1111..../s1/i2*5D;6D;5D;4*2T. The van der Waals surface area contributed by atoms with Gasteiger partial charge in [0.2, 0.25) is 16.6 Å². The van der Waals surface area contributed by atoms with Gasteiger partial charge in [0.1, 0.15) is 75.3 Å². The van der Waals surface area contributed by atoms with E-state index in [9.17, 15) is 29.5 Å². The molecule has 5 aromatic rings. The lowest BCUT2D eigenvalue weighted by molar-refractivity contribution is -0.0413. The molecule has 10 N–H and O–H groups in total. The summed E-state index contributed by atoms with van der Waals surface area (Å²) in [5.41, 5.74) is -0.0272. The van der Waals surface area contributed by atoms with E-state index in [1.54, 1.807) is 30.7 Å². The lowest BCUT2D eigenvalue weighted by atomic mass is 9.77. The molecule has 0 bridgehead atoms. The zero-order chi connectivity index (χ0) is 101. The van der Waals surface area contributed by atoms with Crippen molar-refractivity contribution in [2.24, 2.45) is 4.90 Å². The van der Waals surface area contributed by atoms with E-state index in [1.807, 2.05) is 27.1 Å². The first-order chi connectivity index (χ1) is 63.2. The molecular weight excluding hydrogens is 1750 g/mol. The summed E-state index contributed by atoms with van der Waals surface area (Å²) in [6, 6.07) is 2.83. The number of amidine groups is 1. The number of nitrogens with zero attached hydrogens (tertiary/aromatic N) is 16. The number of rotatable bonds is 31. The van der Waals surface area contributed by atoms with Gasteiger partial charge in [0.05, 0.1) is 74.5 Å². The predicted molar refractivity (Wildman–Crippen MR) is 509 cm³/mol. The average molecular weight is 1910 g/mol. The largest absolute Gasteiger partial charge is 0.433 e. The minimum Gasteiger partial charge on any atom is -0.433 e. The molecule has 50 heteroatoms. The Hall–Kier alpha value is -4.03. The molecule has 0 amide bonds. The van der Waals surface area contributed by atoms with Crippen LogP contribution in [0.3, 0.4) is 0 Å². The number of ether oxygens (including phenoxy) is 4. The van der Waals surface area contributed by atoms with Crippen molar-refractivity contribution < 1.29 is 87.3 Å². The van der Waals surface area contributed by atoms with E-state index < -0.39 is 95.3 Å². The van der Waals surface area contributed by atoms with Gasteiger partial charge in [-0.2, -0.15) is 9.97 Å². The number of aromatic amines is 1. The van der Waals surface area contributed by atoms with Crippen LogP contribution in [0.4, 0.5) is 11.8 Å². The van der Waals surface area contributed by atoms with Gasteiger partial charge in [0.25, 0.3) is 5.56 Å². The minimum atomic E-state index is -1.24. The highest BCUT2D eigenvalue weighted by molar-refractivity contribution is 7.50. The maximum Gasteiger partial charge on any atom is 0.431 e. The molecule has 126 heavy (non-hydrogen) atoms. The Labute approximate surface area is 773 Å². The van der Waals surface area contributed by atoms with Crippen LogP contribution in [0.25, 0.3) is 22.3 Å². The number of hydrogen-bond acceptors (Lipinski definition) is 33. The third kappa shape index (κ3) is 30.2. The Bertz CT molecular complexity index is 4490. The van der Waals surface area contributed by atoms with E-state index in [-0.39, 0.29) is 114 Å². The van der Waals surface area contributed by atoms with Gasteiger partial charge in [0, 0.05) is 126 Å². The maximum atomic E-state index is 12.8. The van der Waals surface area contributed by atoms with Gasteiger partial charge in [-0.3, -0.25) is 56.3 Å². The molecule has 12 rings (SSSR count). The molecule has 0 aliphatic carbocycles. The van der Waals surface area contributed by atoms with Crippen LogP contribution >= 0.6 is 56.4 Å². The summed E-state index contributed by atoms with van der Waals surface area (Å²) >= 11 is 12.8. The number of H-pyrrole nitrogens is 1. The first-order valence-electron chi connectivity index (χ1n) is 46.6. The zero-order valence-electron chi connectivity index (χ0n) is 86.5. The molecule has 5 aromatic heterocycles. The monoisotopic (exact) mass is 1900 g/mol. The Morgan fingerprint density at radius 2 is 0.952 bits per heavy atom. The quantitative estimate of drug-likeness (QED) is 0.00493. The van der Waals surface area contributed by atoms with Gasteiger partial charge in [0.15, 0.2) is 28.4 Å². The van der Waals surface area contributed by atoms with Crippen molar-refractivity contribution in [2.75, 3.05) is 78.1 Å². The Morgan fingerprint density at radius 3 is 1.29 bits per heavy atom. The second-order valence-corrected chi connectivity index (χ2v) is 39.7. The van der Waals surface area contributed by atoms with Crippen LogP contribution in [0, 0.1) is 6.92 Å². The number of aliphatic hydroxyl groups is 4. The van der Waals surface area contributed by atoms with Gasteiger partial charge >= 0.3 is 40.9 Å². The number of hydrogen-bond donors (Lipinski definition) is 10. The van der Waals surface area contributed by atoms with Crippen molar-refractivity contribution in [1.29, 1.82) is 5.72 Å². The van der Waals surface area contributed by atoms with Gasteiger partial charge in [-0.15, -0.1) is 0 Å². The number of anilines is 2. The molecule has 5 unspecified atom stereocenters. The third-order valence-corrected chi connectivity index (χ3v) is 29.4. The number of aryl methyl sites for hydroxylation is 1. The Kier molecular flexibility index (Phi) is 41.5. The molecule has 7 aliphatic rings. The van der Waals surface area contributed by atoms with Gasteiger partial charge in [-0.25, -0.2) is 19.7 Å². The maximum absolute atomic E-state index is 12.8. The molecule has 712 valence electrons. The van der Waals surface area contributed by atoms with Crippen LogP contribution in [0.1, 0.15) is 194 Å². The first-order valence-corrected chi connectivity index (χ1v) is 49.6. The fraction of sp³-hybridized carbons (Fsp3) is 0.776. The average Bonchev–Trinajstić information content (AvgIpc) is 1.59. The van der Waals surface area contributed by atoms with Crippen molar-refractivity contribution in [3.8, 4) is 0 Å². The van der Waals surface area contributed by atoms with E-state index >= 15 is 0 Å². The Balaban J connectivity index is 0.000000304. The van der Waals surface area contributed by atoms with E-state index in [0.29, 0.717) is 121 Å². The number of aliphatic hydroxyl groups excluding tert-OH is 4. The number of halogens is 2. The molecule has 0 radical (unpaired) electrons. The summed E-state index contributed by atoms with van der Waals surface area (Å²) in [7, 11) is -1.32. The highest BCUT2D eigenvalue weighted by Gasteiger charge is 2.52. The summed E-state index contributed by atoms with van der Waals surface area (Å²) in [5.74, 6) is 1.28. The fourth-order valence-corrected chi connectivity index (χ4v) is 24.3. The summed E-state index contributed by atoms with van der Waals surface area (Å²) in [6.07, 6.45) is 6.30. The van der Waals surface area contributed by atoms with Crippen LogP contribution in [-0.2, 0) is 46.4 Å². The fourth-order valence-electron chi connectivity index (χ4n) is 15.7.